The van der Waals surface area contributed by atoms with Crippen LogP contribution < -0.4 is 0 Å². The van der Waals surface area contributed by atoms with Gasteiger partial charge < -0.3 is 24.1 Å². The van der Waals surface area contributed by atoms with Crippen molar-refractivity contribution in [2.45, 2.75) is 69.9 Å². The van der Waals surface area contributed by atoms with Gasteiger partial charge in [-0.3, -0.25) is 0 Å². The Morgan fingerprint density at radius 3 is 2.52 bits per heavy atom. The second kappa shape index (κ2) is 6.39. The van der Waals surface area contributed by atoms with Gasteiger partial charge in [0.1, 0.15) is 0 Å². The monoisotopic (exact) mass is 402 g/mol. The van der Waals surface area contributed by atoms with Crippen LogP contribution in [0, 0.1) is 22.7 Å². The number of rotatable bonds is 2. The number of fused-ring (bicyclic) bond motifs is 6. The maximum absolute atomic E-state index is 10.0. The second-order valence-corrected chi connectivity index (χ2v) is 10.3. The van der Waals surface area contributed by atoms with Crippen molar-refractivity contribution in [1.29, 1.82) is 0 Å². The van der Waals surface area contributed by atoms with Crippen LogP contribution in [0.3, 0.4) is 0 Å². The molecule has 0 aromatic carbocycles. The molecule has 4 aliphatic carbocycles. The SMILES string of the molecule is C[C@]12CC=C3[C@@H](CC=C4CC5(CC[C@@]43CCO)OCCO5)[C@@H]1CCC21OCCO1. The number of hydrogen-bond acceptors (Lipinski definition) is 5. The minimum Gasteiger partial charge on any atom is -0.396 e. The minimum atomic E-state index is -0.412. The van der Waals surface area contributed by atoms with E-state index in [1.54, 1.807) is 5.57 Å². The van der Waals surface area contributed by atoms with Gasteiger partial charge in [0.25, 0.3) is 0 Å². The summed E-state index contributed by atoms with van der Waals surface area (Å²) >= 11 is 0. The van der Waals surface area contributed by atoms with Crippen molar-refractivity contribution >= 4 is 0 Å². The summed E-state index contributed by atoms with van der Waals surface area (Å²) in [5, 5.41) is 10.0. The van der Waals surface area contributed by atoms with Gasteiger partial charge in [-0.2, -0.15) is 0 Å². The van der Waals surface area contributed by atoms with Gasteiger partial charge in [0.15, 0.2) is 11.6 Å². The average Bonchev–Trinajstić information content (AvgIpc) is 3.44. The fraction of sp³-hybridized carbons (Fsp3) is 0.833. The molecule has 0 unspecified atom stereocenters. The third-order valence-electron chi connectivity index (χ3n) is 9.39. The third-order valence-corrected chi connectivity index (χ3v) is 9.39. The van der Waals surface area contributed by atoms with Gasteiger partial charge in [-0.1, -0.05) is 30.2 Å². The van der Waals surface area contributed by atoms with Crippen LogP contribution in [0.1, 0.15) is 58.3 Å². The Hall–Kier alpha value is -0.720. The molecule has 0 amide bonds. The predicted molar refractivity (Wildman–Crippen MR) is 107 cm³/mol. The number of hydrogen-bond donors (Lipinski definition) is 1. The van der Waals surface area contributed by atoms with Crippen LogP contribution in [-0.2, 0) is 18.9 Å². The summed E-state index contributed by atoms with van der Waals surface area (Å²) in [4.78, 5) is 0. The first-order valence-corrected chi connectivity index (χ1v) is 11.6. The smallest absolute Gasteiger partial charge is 0.174 e. The molecule has 5 heteroatoms. The van der Waals surface area contributed by atoms with E-state index in [-0.39, 0.29) is 23.2 Å². The Bertz CT molecular complexity index is 744. The molecule has 0 radical (unpaired) electrons. The zero-order chi connectivity index (χ0) is 19.7. The van der Waals surface area contributed by atoms with E-state index in [2.05, 4.69) is 19.1 Å². The van der Waals surface area contributed by atoms with Crippen molar-refractivity contribution in [1.82, 2.24) is 0 Å². The van der Waals surface area contributed by atoms with E-state index >= 15 is 0 Å². The van der Waals surface area contributed by atoms with Crippen LogP contribution in [0.2, 0.25) is 0 Å². The van der Waals surface area contributed by atoms with E-state index < -0.39 is 5.79 Å². The van der Waals surface area contributed by atoms with Gasteiger partial charge >= 0.3 is 0 Å². The first-order valence-electron chi connectivity index (χ1n) is 11.6. The van der Waals surface area contributed by atoms with Gasteiger partial charge in [-0.05, 0) is 43.9 Å². The lowest BCUT2D eigenvalue weighted by molar-refractivity contribution is -0.228. The van der Waals surface area contributed by atoms with Crippen molar-refractivity contribution in [3.63, 3.8) is 0 Å². The molecule has 4 atom stereocenters. The van der Waals surface area contributed by atoms with Crippen LogP contribution >= 0.6 is 0 Å². The summed E-state index contributed by atoms with van der Waals surface area (Å²) in [7, 11) is 0. The molecular weight excluding hydrogens is 368 g/mol. The summed E-state index contributed by atoms with van der Waals surface area (Å²) in [6, 6.07) is 0. The maximum Gasteiger partial charge on any atom is 0.174 e. The fourth-order valence-corrected chi connectivity index (χ4v) is 7.99. The van der Waals surface area contributed by atoms with Crippen LogP contribution in [0.15, 0.2) is 23.3 Å². The zero-order valence-corrected chi connectivity index (χ0v) is 17.6. The zero-order valence-electron chi connectivity index (χ0n) is 17.6. The lowest BCUT2D eigenvalue weighted by Gasteiger charge is -2.56. The first kappa shape index (κ1) is 19.0. The lowest BCUT2D eigenvalue weighted by Crippen LogP contribution is -2.52. The van der Waals surface area contributed by atoms with E-state index in [9.17, 15) is 5.11 Å². The topological polar surface area (TPSA) is 57.2 Å². The van der Waals surface area contributed by atoms with Crippen LogP contribution in [0.4, 0.5) is 0 Å². The normalized spacial score (nSPS) is 44.3. The van der Waals surface area contributed by atoms with Crippen molar-refractivity contribution < 1.29 is 24.1 Å². The van der Waals surface area contributed by atoms with Gasteiger partial charge in [0.2, 0.25) is 0 Å². The van der Waals surface area contributed by atoms with Gasteiger partial charge in [0, 0.05) is 36.7 Å². The van der Waals surface area contributed by atoms with E-state index in [0.717, 1.165) is 58.2 Å². The van der Waals surface area contributed by atoms with Gasteiger partial charge in [0.05, 0.1) is 26.4 Å². The molecule has 0 aromatic heterocycles. The van der Waals surface area contributed by atoms with E-state index in [4.69, 9.17) is 18.9 Å². The molecule has 160 valence electrons. The number of ether oxygens (including phenoxy) is 4. The molecule has 2 aliphatic heterocycles. The molecule has 6 rings (SSSR count). The Morgan fingerprint density at radius 1 is 1.00 bits per heavy atom. The van der Waals surface area contributed by atoms with E-state index in [1.807, 2.05) is 0 Å². The van der Waals surface area contributed by atoms with Crippen LogP contribution in [0.5, 0.6) is 0 Å². The largest absolute Gasteiger partial charge is 0.396 e. The Kier molecular flexibility index (Phi) is 4.19. The van der Waals surface area contributed by atoms with Gasteiger partial charge in [-0.25, -0.2) is 0 Å². The minimum absolute atomic E-state index is 0.00724. The molecule has 0 bridgehead atoms. The molecule has 2 heterocycles. The standard InChI is InChI=1S/C24H34O5/c1-21-6-4-20-18(19(21)5-7-24(21)28-14-15-29-24)3-2-17-16-23(26-12-13-27-23)9-8-22(17,20)10-11-25/h2,4,18-19,25H,3,5-16H2,1H3/t18-,19-,21-,22+/m0/s1. The Labute approximate surface area is 173 Å². The van der Waals surface area contributed by atoms with E-state index in [1.165, 1.54) is 12.0 Å². The molecule has 29 heavy (non-hydrogen) atoms. The molecule has 5 nitrogen and oxygen atoms in total. The Balaban J connectivity index is 1.38. The van der Waals surface area contributed by atoms with Crippen molar-refractivity contribution in [2.24, 2.45) is 22.7 Å². The van der Waals surface area contributed by atoms with Crippen LogP contribution in [-0.4, -0.2) is 49.7 Å². The highest BCUT2D eigenvalue weighted by Crippen LogP contribution is 2.68. The molecule has 2 spiro atoms. The van der Waals surface area contributed by atoms with Crippen LogP contribution in [0.25, 0.3) is 0 Å². The summed E-state index contributed by atoms with van der Waals surface area (Å²) < 4.78 is 24.6. The molecule has 2 saturated carbocycles. The lowest BCUT2D eigenvalue weighted by atomic mass is 9.50. The summed E-state index contributed by atoms with van der Waals surface area (Å²) in [6.45, 7) is 5.49. The fourth-order valence-electron chi connectivity index (χ4n) is 7.99. The van der Waals surface area contributed by atoms with Crippen molar-refractivity contribution in [3.8, 4) is 0 Å². The number of aliphatic hydroxyl groups excluding tert-OH is 1. The van der Waals surface area contributed by atoms with Crippen molar-refractivity contribution in [3.05, 3.63) is 23.3 Å². The quantitative estimate of drug-likeness (QED) is 0.714. The predicted octanol–water partition coefficient (Wildman–Crippen LogP) is 3.72. The third kappa shape index (κ3) is 2.40. The van der Waals surface area contributed by atoms with Crippen molar-refractivity contribution in [2.75, 3.05) is 33.0 Å². The number of allylic oxidation sites excluding steroid dienone is 3. The molecule has 2 saturated heterocycles. The average molecular weight is 403 g/mol. The summed E-state index contributed by atoms with van der Waals surface area (Å²) in [5.41, 5.74) is 3.09. The molecule has 4 fully saturated rings. The summed E-state index contributed by atoms with van der Waals surface area (Å²) in [5.74, 6) is 0.333. The second-order valence-electron chi connectivity index (χ2n) is 10.3. The number of aliphatic hydroxyl groups is 1. The Morgan fingerprint density at radius 2 is 1.76 bits per heavy atom. The molecular formula is C24H34O5. The first-order chi connectivity index (χ1) is 14.1. The molecule has 1 N–H and O–H groups in total. The summed E-state index contributed by atoms with van der Waals surface area (Å²) in [6.07, 6.45) is 12.9. The maximum atomic E-state index is 10.0. The molecule has 0 aromatic rings. The molecule has 6 aliphatic rings. The van der Waals surface area contributed by atoms with Gasteiger partial charge in [-0.15, -0.1) is 0 Å². The highest BCUT2D eigenvalue weighted by Gasteiger charge is 2.65. The highest BCUT2D eigenvalue weighted by atomic mass is 16.7. The highest BCUT2D eigenvalue weighted by molar-refractivity contribution is 5.41. The van der Waals surface area contributed by atoms with E-state index in [0.29, 0.717) is 25.0 Å².